The van der Waals surface area contributed by atoms with Crippen molar-refractivity contribution in [3.05, 3.63) is 53.9 Å². The highest BCUT2D eigenvalue weighted by atomic mass is 16.5. The molecule has 0 aliphatic rings. The molecular weight excluding hydrogens is 190 g/mol. The van der Waals surface area contributed by atoms with Crippen molar-refractivity contribution in [3.8, 4) is 5.75 Å². The molecule has 76 valence electrons. The molecule has 0 bridgehead atoms. The molecule has 3 heteroatoms. The molecule has 0 aliphatic heterocycles. The molecule has 0 fully saturated rings. The highest BCUT2D eigenvalue weighted by Gasteiger charge is 2.12. The first-order valence-electron chi connectivity index (χ1n) is 4.68. The molecule has 15 heavy (non-hydrogen) atoms. The van der Waals surface area contributed by atoms with Gasteiger partial charge in [0.15, 0.2) is 0 Å². The standard InChI is InChI=1S/C12H11NO2/c1-2-5-9-8-12(14)10-6-3-4-7-11(10)13(9)15/h2-4,6-8,14H,1,5H2. The molecule has 0 saturated carbocycles. The minimum atomic E-state index is 0.134. The fraction of sp³-hybridized carbons (Fsp3) is 0.0833. The Balaban J connectivity index is 2.78. The van der Waals surface area contributed by atoms with Crippen LogP contribution >= 0.6 is 0 Å². The lowest BCUT2D eigenvalue weighted by Crippen LogP contribution is -2.32. The van der Waals surface area contributed by atoms with E-state index in [2.05, 4.69) is 6.58 Å². The molecule has 0 aliphatic carbocycles. The highest BCUT2D eigenvalue weighted by molar-refractivity contribution is 5.82. The molecule has 2 aromatic rings. The number of aromatic hydroxyl groups is 1. The van der Waals surface area contributed by atoms with Crippen molar-refractivity contribution in [2.45, 2.75) is 6.42 Å². The zero-order valence-electron chi connectivity index (χ0n) is 8.18. The van der Waals surface area contributed by atoms with Crippen molar-refractivity contribution in [1.29, 1.82) is 0 Å². The van der Waals surface area contributed by atoms with Gasteiger partial charge in [-0.25, -0.2) is 0 Å². The SMILES string of the molecule is C=CCc1cc(O)c2ccccc2[n+]1[O-]. The van der Waals surface area contributed by atoms with Gasteiger partial charge in [-0.1, -0.05) is 18.2 Å². The second-order valence-electron chi connectivity index (χ2n) is 3.33. The summed E-state index contributed by atoms with van der Waals surface area (Å²) in [5.41, 5.74) is 0.982. The first-order valence-corrected chi connectivity index (χ1v) is 4.68. The molecule has 0 radical (unpaired) electrons. The van der Waals surface area contributed by atoms with Crippen LogP contribution in [0.5, 0.6) is 5.75 Å². The first-order chi connectivity index (χ1) is 7.24. The average molecular weight is 201 g/mol. The van der Waals surface area contributed by atoms with Crippen LogP contribution in [-0.2, 0) is 6.42 Å². The quantitative estimate of drug-likeness (QED) is 0.458. The topological polar surface area (TPSA) is 47.2 Å². The van der Waals surface area contributed by atoms with E-state index < -0.39 is 0 Å². The van der Waals surface area contributed by atoms with Gasteiger partial charge in [-0.3, -0.25) is 0 Å². The third-order valence-electron chi connectivity index (χ3n) is 2.32. The first kappa shape index (κ1) is 9.52. The van der Waals surface area contributed by atoms with Crippen LogP contribution in [0.3, 0.4) is 0 Å². The number of hydrogen-bond acceptors (Lipinski definition) is 2. The molecule has 3 nitrogen and oxygen atoms in total. The van der Waals surface area contributed by atoms with Crippen LogP contribution in [0.1, 0.15) is 5.69 Å². The molecule has 0 unspecified atom stereocenters. The monoisotopic (exact) mass is 201 g/mol. The fourth-order valence-corrected chi connectivity index (χ4v) is 1.61. The van der Waals surface area contributed by atoms with Crippen LogP contribution < -0.4 is 4.73 Å². The molecule has 2 rings (SSSR count). The Morgan fingerprint density at radius 3 is 2.87 bits per heavy atom. The Hall–Kier alpha value is -2.03. The van der Waals surface area contributed by atoms with Gasteiger partial charge >= 0.3 is 0 Å². The fourth-order valence-electron chi connectivity index (χ4n) is 1.61. The lowest BCUT2D eigenvalue weighted by molar-refractivity contribution is -0.585. The maximum atomic E-state index is 11.8. The Kier molecular flexibility index (Phi) is 2.29. The van der Waals surface area contributed by atoms with Gasteiger partial charge in [0.2, 0.25) is 11.2 Å². The summed E-state index contributed by atoms with van der Waals surface area (Å²) in [4.78, 5) is 0. The average Bonchev–Trinajstić information content (AvgIpc) is 2.26. The van der Waals surface area contributed by atoms with Crippen molar-refractivity contribution in [1.82, 2.24) is 0 Å². The van der Waals surface area contributed by atoms with Crippen LogP contribution in [0.15, 0.2) is 43.0 Å². The van der Waals surface area contributed by atoms with Gasteiger partial charge in [-0.05, 0) is 6.07 Å². The van der Waals surface area contributed by atoms with Gasteiger partial charge in [0.1, 0.15) is 5.75 Å². The zero-order chi connectivity index (χ0) is 10.8. The Bertz CT molecular complexity index is 520. The second kappa shape index (κ2) is 3.61. The van der Waals surface area contributed by atoms with Gasteiger partial charge in [0.05, 0.1) is 11.8 Å². The van der Waals surface area contributed by atoms with Gasteiger partial charge < -0.3 is 10.3 Å². The summed E-state index contributed by atoms with van der Waals surface area (Å²) in [6.45, 7) is 3.57. The molecule has 0 amide bonds. The smallest absolute Gasteiger partial charge is 0.227 e. The Labute approximate surface area is 87.5 Å². The molecule has 1 N–H and O–H groups in total. The van der Waals surface area contributed by atoms with Gasteiger partial charge in [0.25, 0.3) is 0 Å². The van der Waals surface area contributed by atoms with Crippen molar-refractivity contribution in [3.63, 3.8) is 0 Å². The third kappa shape index (κ3) is 1.52. The summed E-state index contributed by atoms with van der Waals surface area (Å²) in [6.07, 6.45) is 2.08. The van der Waals surface area contributed by atoms with E-state index in [1.807, 2.05) is 0 Å². The summed E-state index contributed by atoms with van der Waals surface area (Å²) < 4.78 is 0.830. The molecule has 0 spiro atoms. The normalized spacial score (nSPS) is 10.4. The molecular formula is C12H11NO2. The second-order valence-corrected chi connectivity index (χ2v) is 3.33. The molecule has 0 saturated heterocycles. The Morgan fingerprint density at radius 2 is 2.13 bits per heavy atom. The zero-order valence-corrected chi connectivity index (χ0v) is 8.18. The lowest BCUT2D eigenvalue weighted by Gasteiger charge is -2.07. The van der Waals surface area contributed by atoms with Crippen molar-refractivity contribution < 1.29 is 9.84 Å². The summed E-state index contributed by atoms with van der Waals surface area (Å²) in [5.74, 6) is 0.134. The van der Waals surface area contributed by atoms with Crippen LogP contribution in [0.2, 0.25) is 0 Å². The van der Waals surface area contributed by atoms with E-state index in [0.29, 0.717) is 23.0 Å². The van der Waals surface area contributed by atoms with Crippen molar-refractivity contribution in [2.75, 3.05) is 0 Å². The van der Waals surface area contributed by atoms with E-state index >= 15 is 0 Å². The summed E-state index contributed by atoms with van der Waals surface area (Å²) in [6, 6.07) is 8.45. The van der Waals surface area contributed by atoms with E-state index in [-0.39, 0.29) is 5.75 Å². The maximum absolute atomic E-state index is 11.8. The molecule has 1 aromatic heterocycles. The predicted octanol–water partition coefficient (Wildman–Crippen LogP) is 1.91. The van der Waals surface area contributed by atoms with E-state index in [0.717, 1.165) is 4.73 Å². The number of allylic oxidation sites excluding steroid dienone is 1. The van der Waals surface area contributed by atoms with Crippen LogP contribution in [0.4, 0.5) is 0 Å². The number of fused-ring (bicyclic) bond motifs is 1. The number of pyridine rings is 1. The molecule has 0 atom stereocenters. The number of benzene rings is 1. The Morgan fingerprint density at radius 1 is 1.40 bits per heavy atom. The number of rotatable bonds is 2. The lowest BCUT2D eigenvalue weighted by atomic mass is 10.1. The molecule has 1 heterocycles. The van der Waals surface area contributed by atoms with E-state index in [9.17, 15) is 10.3 Å². The van der Waals surface area contributed by atoms with E-state index in [1.165, 1.54) is 6.07 Å². The van der Waals surface area contributed by atoms with Crippen LogP contribution in [0, 0.1) is 5.21 Å². The number of para-hydroxylation sites is 1. The van der Waals surface area contributed by atoms with Gasteiger partial charge in [-0.2, -0.15) is 4.73 Å². The number of aromatic nitrogens is 1. The minimum absolute atomic E-state index is 0.134. The summed E-state index contributed by atoms with van der Waals surface area (Å²) >= 11 is 0. The predicted molar refractivity (Wildman–Crippen MR) is 58.5 cm³/mol. The number of hydrogen-bond donors (Lipinski definition) is 1. The molecule has 1 aromatic carbocycles. The maximum Gasteiger partial charge on any atom is 0.227 e. The van der Waals surface area contributed by atoms with Crippen molar-refractivity contribution in [2.24, 2.45) is 0 Å². The van der Waals surface area contributed by atoms with E-state index in [4.69, 9.17) is 0 Å². The largest absolute Gasteiger partial charge is 0.618 e. The van der Waals surface area contributed by atoms with Gasteiger partial charge in [-0.15, -0.1) is 6.58 Å². The minimum Gasteiger partial charge on any atom is -0.618 e. The van der Waals surface area contributed by atoms with E-state index in [1.54, 1.807) is 30.3 Å². The van der Waals surface area contributed by atoms with Crippen molar-refractivity contribution >= 4 is 10.9 Å². The van der Waals surface area contributed by atoms with Crippen LogP contribution in [0.25, 0.3) is 10.9 Å². The highest BCUT2D eigenvalue weighted by Crippen LogP contribution is 2.22. The summed E-state index contributed by atoms with van der Waals surface area (Å²) in [5, 5.41) is 22.1. The third-order valence-corrected chi connectivity index (χ3v) is 2.32. The van der Waals surface area contributed by atoms with Gasteiger partial charge in [0, 0.05) is 12.1 Å². The van der Waals surface area contributed by atoms with Crippen LogP contribution in [-0.4, -0.2) is 5.11 Å². The summed E-state index contributed by atoms with van der Waals surface area (Å²) in [7, 11) is 0. The number of nitrogens with zero attached hydrogens (tertiary/aromatic N) is 1.